The zero-order valence-electron chi connectivity index (χ0n) is 20.6. The maximum absolute atomic E-state index is 13.3. The van der Waals surface area contributed by atoms with Crippen LogP contribution in [0.2, 0.25) is 0 Å². The monoisotopic (exact) mass is 510 g/mol. The number of hydrogen-bond acceptors (Lipinski definition) is 5. The Morgan fingerprint density at radius 1 is 0.973 bits per heavy atom. The number of methoxy groups -OCH3 is 1. The number of benzene rings is 3. The van der Waals surface area contributed by atoms with Gasteiger partial charge in [0.2, 0.25) is 0 Å². The number of halogens is 3. The number of aliphatic hydroxyl groups is 1. The number of rotatable bonds is 5. The first-order chi connectivity index (χ1) is 17.4. The lowest BCUT2D eigenvalue weighted by Gasteiger charge is -2.26. The van der Waals surface area contributed by atoms with Crippen molar-refractivity contribution in [2.24, 2.45) is 0 Å². The van der Waals surface area contributed by atoms with Gasteiger partial charge in [-0.25, -0.2) is 0 Å². The first-order valence-electron chi connectivity index (χ1n) is 11.3. The molecule has 1 aliphatic rings. The maximum Gasteiger partial charge on any atom is 0.416 e. The number of Topliss-reactive ketones (excluding diaryl/α,β-unsaturated/α-hetero) is 1. The Kier molecular flexibility index (Phi) is 6.73. The van der Waals surface area contributed by atoms with Crippen molar-refractivity contribution in [3.63, 3.8) is 0 Å². The van der Waals surface area contributed by atoms with E-state index >= 15 is 0 Å². The van der Waals surface area contributed by atoms with Gasteiger partial charge in [0.05, 0.1) is 24.3 Å². The minimum atomic E-state index is -4.56. The largest absolute Gasteiger partial charge is 0.507 e. The SMILES string of the molecule is COc1ccc(/C(O)=C2/C(=O)C(=O)N(c3ccc(C(F)(F)F)cc3)C2c2ccc(N(C)C)cc2)cc1C. The van der Waals surface area contributed by atoms with Gasteiger partial charge in [0.1, 0.15) is 11.5 Å². The Morgan fingerprint density at radius 3 is 2.11 bits per heavy atom. The molecule has 6 nitrogen and oxygen atoms in total. The van der Waals surface area contributed by atoms with Crippen LogP contribution < -0.4 is 14.5 Å². The molecular formula is C28H25F3N2O4. The summed E-state index contributed by atoms with van der Waals surface area (Å²) in [5.74, 6) is -1.70. The third-order valence-electron chi connectivity index (χ3n) is 6.31. The summed E-state index contributed by atoms with van der Waals surface area (Å²) in [4.78, 5) is 29.5. The van der Waals surface area contributed by atoms with E-state index in [1.165, 1.54) is 7.11 Å². The number of anilines is 2. The van der Waals surface area contributed by atoms with Gasteiger partial charge in [-0.2, -0.15) is 13.2 Å². The molecule has 0 radical (unpaired) electrons. The highest BCUT2D eigenvalue weighted by Gasteiger charge is 2.47. The van der Waals surface area contributed by atoms with Crippen LogP contribution in [0.25, 0.3) is 5.76 Å². The summed E-state index contributed by atoms with van der Waals surface area (Å²) in [6.07, 6.45) is -4.56. The van der Waals surface area contributed by atoms with Gasteiger partial charge < -0.3 is 14.7 Å². The molecule has 37 heavy (non-hydrogen) atoms. The first-order valence-corrected chi connectivity index (χ1v) is 11.3. The van der Waals surface area contributed by atoms with Crippen LogP contribution in [-0.4, -0.2) is 38.0 Å². The molecule has 3 aromatic rings. The molecule has 1 amide bonds. The second-order valence-electron chi connectivity index (χ2n) is 8.88. The lowest BCUT2D eigenvalue weighted by Crippen LogP contribution is -2.29. The van der Waals surface area contributed by atoms with Crippen LogP contribution in [0.1, 0.15) is 28.3 Å². The number of alkyl halides is 3. The average Bonchev–Trinajstić information content (AvgIpc) is 3.13. The van der Waals surface area contributed by atoms with E-state index in [0.29, 0.717) is 22.4 Å². The van der Waals surface area contributed by atoms with Gasteiger partial charge >= 0.3 is 6.18 Å². The van der Waals surface area contributed by atoms with E-state index in [4.69, 9.17) is 4.74 Å². The number of ketones is 1. The van der Waals surface area contributed by atoms with E-state index in [1.54, 1.807) is 49.4 Å². The second kappa shape index (κ2) is 9.65. The van der Waals surface area contributed by atoms with Crippen LogP contribution in [0.5, 0.6) is 5.75 Å². The quantitative estimate of drug-likeness (QED) is 0.270. The summed E-state index contributed by atoms with van der Waals surface area (Å²) in [7, 11) is 5.22. The highest BCUT2D eigenvalue weighted by atomic mass is 19.4. The minimum Gasteiger partial charge on any atom is -0.507 e. The molecule has 1 heterocycles. The van der Waals surface area contributed by atoms with Crippen LogP contribution >= 0.6 is 0 Å². The molecule has 1 atom stereocenters. The Bertz CT molecular complexity index is 1380. The molecule has 0 bridgehead atoms. The normalized spacial score (nSPS) is 17.3. The zero-order valence-corrected chi connectivity index (χ0v) is 20.6. The summed E-state index contributed by atoms with van der Waals surface area (Å²) in [5.41, 5.74) is 1.44. The van der Waals surface area contributed by atoms with Crippen molar-refractivity contribution in [1.29, 1.82) is 0 Å². The molecule has 1 aliphatic heterocycles. The van der Waals surface area contributed by atoms with Crippen LogP contribution in [0.4, 0.5) is 24.5 Å². The van der Waals surface area contributed by atoms with Crippen molar-refractivity contribution in [2.45, 2.75) is 19.1 Å². The highest BCUT2D eigenvalue weighted by molar-refractivity contribution is 6.51. The van der Waals surface area contributed by atoms with Crippen molar-refractivity contribution in [3.8, 4) is 5.75 Å². The van der Waals surface area contributed by atoms with Crippen molar-refractivity contribution >= 4 is 28.8 Å². The maximum atomic E-state index is 13.3. The molecule has 4 rings (SSSR count). The van der Waals surface area contributed by atoms with Crippen LogP contribution in [-0.2, 0) is 15.8 Å². The van der Waals surface area contributed by atoms with Crippen molar-refractivity contribution in [3.05, 3.63) is 94.6 Å². The van der Waals surface area contributed by atoms with Crippen molar-refractivity contribution < 1.29 is 32.6 Å². The summed E-state index contributed by atoms with van der Waals surface area (Å²) in [6, 6.07) is 14.8. The topological polar surface area (TPSA) is 70.1 Å². The van der Waals surface area contributed by atoms with Gasteiger partial charge in [0, 0.05) is 31.0 Å². The van der Waals surface area contributed by atoms with E-state index in [1.807, 2.05) is 19.0 Å². The Morgan fingerprint density at radius 2 is 1.59 bits per heavy atom. The molecule has 1 unspecified atom stereocenters. The number of nitrogens with zero attached hydrogens (tertiary/aromatic N) is 2. The number of hydrogen-bond donors (Lipinski definition) is 1. The highest BCUT2D eigenvalue weighted by Crippen LogP contribution is 2.43. The van der Waals surface area contributed by atoms with Gasteiger partial charge in [-0.3, -0.25) is 14.5 Å². The number of carbonyl (C=O) groups is 2. The molecule has 0 saturated carbocycles. The van der Waals surface area contributed by atoms with E-state index in [9.17, 15) is 27.9 Å². The predicted octanol–water partition coefficient (Wildman–Crippen LogP) is 5.71. The molecule has 9 heteroatoms. The first kappa shape index (κ1) is 25.8. The molecular weight excluding hydrogens is 485 g/mol. The third kappa shape index (κ3) is 4.76. The van der Waals surface area contributed by atoms with E-state index < -0.39 is 29.5 Å². The molecule has 192 valence electrons. The zero-order chi connectivity index (χ0) is 27.1. The van der Waals surface area contributed by atoms with Gasteiger partial charge in [0.25, 0.3) is 11.7 Å². The van der Waals surface area contributed by atoms with Crippen LogP contribution in [0.3, 0.4) is 0 Å². The van der Waals surface area contributed by atoms with Crippen molar-refractivity contribution in [2.75, 3.05) is 31.0 Å². The molecule has 3 aromatic carbocycles. The number of carbonyl (C=O) groups excluding carboxylic acids is 2. The fourth-order valence-corrected chi connectivity index (χ4v) is 4.36. The van der Waals surface area contributed by atoms with E-state index in [-0.39, 0.29) is 17.0 Å². The van der Waals surface area contributed by atoms with Gasteiger partial charge in [-0.05, 0) is 72.6 Å². The number of ether oxygens (including phenoxy) is 1. The van der Waals surface area contributed by atoms with E-state index in [0.717, 1.165) is 34.9 Å². The van der Waals surface area contributed by atoms with Crippen LogP contribution in [0, 0.1) is 6.92 Å². The van der Waals surface area contributed by atoms with Gasteiger partial charge in [-0.1, -0.05) is 12.1 Å². The van der Waals surface area contributed by atoms with E-state index in [2.05, 4.69) is 0 Å². The lowest BCUT2D eigenvalue weighted by atomic mass is 9.94. The van der Waals surface area contributed by atoms with Crippen molar-refractivity contribution in [1.82, 2.24) is 0 Å². The summed E-state index contributed by atoms with van der Waals surface area (Å²) < 4.78 is 44.7. The van der Waals surface area contributed by atoms with Gasteiger partial charge in [0.15, 0.2) is 0 Å². The number of aryl methyl sites for hydroxylation is 1. The molecule has 0 aromatic heterocycles. The fourth-order valence-electron chi connectivity index (χ4n) is 4.36. The molecule has 0 spiro atoms. The smallest absolute Gasteiger partial charge is 0.416 e. The summed E-state index contributed by atoms with van der Waals surface area (Å²) in [6.45, 7) is 1.77. The minimum absolute atomic E-state index is 0.0988. The predicted molar refractivity (Wildman–Crippen MR) is 135 cm³/mol. The average molecular weight is 511 g/mol. The molecule has 1 N–H and O–H groups in total. The Hall–Kier alpha value is -4.27. The molecule has 1 fully saturated rings. The Labute approximate surface area is 212 Å². The summed E-state index contributed by atoms with van der Waals surface area (Å²) >= 11 is 0. The number of aliphatic hydroxyl groups excluding tert-OH is 1. The third-order valence-corrected chi connectivity index (χ3v) is 6.31. The van der Waals surface area contributed by atoms with Crippen LogP contribution in [0.15, 0.2) is 72.3 Å². The van der Waals surface area contributed by atoms with Gasteiger partial charge in [-0.15, -0.1) is 0 Å². The second-order valence-corrected chi connectivity index (χ2v) is 8.88. The Balaban J connectivity index is 1.90. The molecule has 0 aliphatic carbocycles. The lowest BCUT2D eigenvalue weighted by molar-refractivity contribution is -0.137. The molecule has 1 saturated heterocycles. The standard InChI is InChI=1S/C28H25F3N2O4/c1-16-15-18(7-14-22(16)37-4)25(34)23-24(17-5-10-20(11-6-17)32(2)3)33(27(36)26(23)35)21-12-8-19(9-13-21)28(29,30)31/h5-15,24,34H,1-4H3/b25-23-. The number of amides is 1. The fraction of sp³-hybridized carbons (Fsp3) is 0.214. The summed E-state index contributed by atoms with van der Waals surface area (Å²) in [5, 5.41) is 11.3.